The number of hydrogen-bond acceptors (Lipinski definition) is 4. The molecule has 5 nitrogen and oxygen atoms in total. The fourth-order valence-corrected chi connectivity index (χ4v) is 2.55. The number of nitrogens with zero attached hydrogens (tertiary/aromatic N) is 3. The third-order valence-electron chi connectivity index (χ3n) is 3.36. The maximum Gasteiger partial charge on any atom is 0.255 e. The van der Waals surface area contributed by atoms with Crippen LogP contribution in [0, 0.1) is 0 Å². The largest absolute Gasteiger partial charge is 0.471 e. The highest BCUT2D eigenvalue weighted by Gasteiger charge is 2.29. The lowest BCUT2D eigenvalue weighted by Gasteiger charge is -2.17. The van der Waals surface area contributed by atoms with Crippen LogP contribution in [0.5, 0.6) is 5.88 Å². The summed E-state index contributed by atoms with van der Waals surface area (Å²) in [7, 11) is 0. The van der Waals surface area contributed by atoms with Crippen LogP contribution in [0.15, 0.2) is 42.9 Å². The Labute approximate surface area is 127 Å². The van der Waals surface area contributed by atoms with Crippen LogP contribution < -0.4 is 4.74 Å². The van der Waals surface area contributed by atoms with Crippen LogP contribution in [-0.2, 0) is 0 Å². The van der Waals surface area contributed by atoms with Crippen LogP contribution in [-0.4, -0.2) is 40.0 Å². The molecule has 1 fully saturated rings. The molecule has 1 aliphatic rings. The Morgan fingerprint density at radius 1 is 1.33 bits per heavy atom. The summed E-state index contributed by atoms with van der Waals surface area (Å²) in [4.78, 5) is 22.2. The van der Waals surface area contributed by atoms with E-state index in [0.717, 1.165) is 6.42 Å². The SMILES string of the molecule is O=C(c1ccccc1Cl)N1CCC(Oc2cnccn2)C1. The predicted octanol–water partition coefficient (Wildman–Crippen LogP) is 2.42. The lowest BCUT2D eigenvalue weighted by atomic mass is 10.2. The molecule has 0 saturated carbocycles. The van der Waals surface area contributed by atoms with E-state index in [2.05, 4.69) is 9.97 Å². The first-order chi connectivity index (χ1) is 10.2. The van der Waals surface area contributed by atoms with Gasteiger partial charge in [-0.3, -0.25) is 9.78 Å². The van der Waals surface area contributed by atoms with Crippen molar-refractivity contribution in [2.75, 3.05) is 13.1 Å². The zero-order valence-corrected chi connectivity index (χ0v) is 12.0. The van der Waals surface area contributed by atoms with E-state index in [1.807, 2.05) is 12.1 Å². The van der Waals surface area contributed by atoms with Crippen molar-refractivity contribution < 1.29 is 9.53 Å². The standard InChI is InChI=1S/C15H14ClN3O2/c16-13-4-2-1-3-12(13)15(20)19-8-5-11(10-19)21-14-9-17-6-7-18-14/h1-4,6-7,9,11H,5,8,10H2. The molecular formula is C15H14ClN3O2. The number of likely N-dealkylation sites (tertiary alicyclic amines) is 1. The third kappa shape index (κ3) is 3.13. The summed E-state index contributed by atoms with van der Waals surface area (Å²) in [6.45, 7) is 1.18. The molecule has 0 aliphatic carbocycles. The second kappa shape index (κ2) is 6.10. The van der Waals surface area contributed by atoms with Gasteiger partial charge in [-0.2, -0.15) is 0 Å². The number of rotatable bonds is 3. The van der Waals surface area contributed by atoms with Crippen molar-refractivity contribution in [3.8, 4) is 5.88 Å². The Morgan fingerprint density at radius 2 is 2.19 bits per heavy atom. The molecule has 2 aromatic rings. The molecule has 1 atom stereocenters. The average molecular weight is 304 g/mol. The first-order valence-corrected chi connectivity index (χ1v) is 7.08. The average Bonchev–Trinajstić information content (AvgIpc) is 2.97. The van der Waals surface area contributed by atoms with Gasteiger partial charge in [-0.1, -0.05) is 23.7 Å². The van der Waals surface area contributed by atoms with Crippen LogP contribution in [0.3, 0.4) is 0 Å². The second-order valence-corrected chi connectivity index (χ2v) is 5.21. The molecule has 1 aromatic heterocycles. The summed E-state index contributed by atoms with van der Waals surface area (Å²) in [6.07, 6.45) is 5.45. The summed E-state index contributed by atoms with van der Waals surface area (Å²) in [6, 6.07) is 7.08. The summed E-state index contributed by atoms with van der Waals surface area (Å²) in [5, 5.41) is 0.473. The molecule has 0 spiro atoms. The lowest BCUT2D eigenvalue weighted by Crippen LogP contribution is -2.31. The van der Waals surface area contributed by atoms with Gasteiger partial charge in [0.1, 0.15) is 6.10 Å². The smallest absolute Gasteiger partial charge is 0.255 e. The van der Waals surface area contributed by atoms with Gasteiger partial charge in [-0.05, 0) is 12.1 Å². The summed E-state index contributed by atoms with van der Waals surface area (Å²) in [5.74, 6) is 0.417. The van der Waals surface area contributed by atoms with Crippen molar-refractivity contribution in [2.45, 2.75) is 12.5 Å². The van der Waals surface area contributed by atoms with Crippen molar-refractivity contribution in [1.82, 2.24) is 14.9 Å². The van der Waals surface area contributed by atoms with E-state index >= 15 is 0 Å². The highest BCUT2D eigenvalue weighted by molar-refractivity contribution is 6.33. The van der Waals surface area contributed by atoms with E-state index in [9.17, 15) is 4.79 Å². The zero-order valence-electron chi connectivity index (χ0n) is 11.3. The molecule has 1 aliphatic heterocycles. The topological polar surface area (TPSA) is 55.3 Å². The Kier molecular flexibility index (Phi) is 4.01. The second-order valence-electron chi connectivity index (χ2n) is 4.80. The number of carbonyl (C=O) groups excluding carboxylic acids is 1. The fourth-order valence-electron chi connectivity index (χ4n) is 2.33. The van der Waals surface area contributed by atoms with E-state index in [-0.39, 0.29) is 12.0 Å². The number of aromatic nitrogens is 2. The third-order valence-corrected chi connectivity index (χ3v) is 3.69. The molecular weight excluding hydrogens is 290 g/mol. The van der Waals surface area contributed by atoms with Crippen LogP contribution in [0.25, 0.3) is 0 Å². The Bertz CT molecular complexity index is 636. The van der Waals surface area contributed by atoms with Gasteiger partial charge in [0, 0.05) is 25.4 Å². The van der Waals surface area contributed by atoms with Gasteiger partial charge in [-0.15, -0.1) is 0 Å². The number of hydrogen-bond donors (Lipinski definition) is 0. The van der Waals surface area contributed by atoms with Gasteiger partial charge < -0.3 is 9.64 Å². The van der Waals surface area contributed by atoms with Gasteiger partial charge in [0.25, 0.3) is 5.91 Å². The molecule has 3 rings (SSSR count). The first-order valence-electron chi connectivity index (χ1n) is 6.70. The first kappa shape index (κ1) is 13.8. The van der Waals surface area contributed by atoms with E-state index in [1.165, 1.54) is 0 Å². The number of carbonyl (C=O) groups is 1. The summed E-state index contributed by atoms with van der Waals surface area (Å²) in [5.41, 5.74) is 0.527. The van der Waals surface area contributed by atoms with Crippen molar-refractivity contribution in [2.24, 2.45) is 0 Å². The quantitative estimate of drug-likeness (QED) is 0.874. The van der Waals surface area contributed by atoms with Gasteiger partial charge in [0.05, 0.1) is 23.3 Å². The number of ether oxygens (including phenoxy) is 1. The number of benzene rings is 1. The highest BCUT2D eigenvalue weighted by Crippen LogP contribution is 2.21. The molecule has 0 bridgehead atoms. The monoisotopic (exact) mass is 303 g/mol. The Hall–Kier alpha value is -2.14. The fraction of sp³-hybridized carbons (Fsp3) is 0.267. The number of halogens is 1. The lowest BCUT2D eigenvalue weighted by molar-refractivity contribution is 0.0771. The van der Waals surface area contributed by atoms with Gasteiger partial charge >= 0.3 is 0 Å². The molecule has 0 radical (unpaired) electrons. The molecule has 1 amide bonds. The van der Waals surface area contributed by atoms with Gasteiger partial charge in [0.15, 0.2) is 0 Å². The van der Waals surface area contributed by atoms with Crippen LogP contribution >= 0.6 is 11.6 Å². The summed E-state index contributed by atoms with van der Waals surface area (Å²) >= 11 is 6.07. The minimum absolute atomic E-state index is 0.0619. The van der Waals surface area contributed by atoms with Gasteiger partial charge in [-0.25, -0.2) is 4.98 Å². The molecule has 1 aromatic carbocycles. The maximum absolute atomic E-state index is 12.4. The normalized spacial score (nSPS) is 17.8. The van der Waals surface area contributed by atoms with E-state index in [0.29, 0.717) is 29.6 Å². The molecule has 1 unspecified atom stereocenters. The van der Waals surface area contributed by atoms with Crippen LogP contribution in [0.2, 0.25) is 5.02 Å². The Morgan fingerprint density at radius 3 is 2.95 bits per heavy atom. The van der Waals surface area contributed by atoms with Crippen molar-refractivity contribution in [3.63, 3.8) is 0 Å². The molecule has 108 valence electrons. The molecule has 0 N–H and O–H groups in total. The van der Waals surface area contributed by atoms with Gasteiger partial charge in [0.2, 0.25) is 5.88 Å². The van der Waals surface area contributed by atoms with E-state index in [4.69, 9.17) is 16.3 Å². The minimum Gasteiger partial charge on any atom is -0.471 e. The van der Waals surface area contributed by atoms with E-state index < -0.39 is 0 Å². The number of amides is 1. The van der Waals surface area contributed by atoms with Crippen LogP contribution in [0.4, 0.5) is 0 Å². The van der Waals surface area contributed by atoms with Crippen molar-refractivity contribution in [3.05, 3.63) is 53.4 Å². The molecule has 1 saturated heterocycles. The summed E-state index contributed by atoms with van der Waals surface area (Å²) < 4.78 is 5.72. The molecule has 6 heteroatoms. The van der Waals surface area contributed by atoms with Crippen LogP contribution in [0.1, 0.15) is 16.8 Å². The highest BCUT2D eigenvalue weighted by atomic mass is 35.5. The van der Waals surface area contributed by atoms with Crippen molar-refractivity contribution >= 4 is 17.5 Å². The maximum atomic E-state index is 12.4. The van der Waals surface area contributed by atoms with Crippen molar-refractivity contribution in [1.29, 1.82) is 0 Å². The molecule has 21 heavy (non-hydrogen) atoms. The minimum atomic E-state index is -0.0640. The predicted molar refractivity (Wildman–Crippen MR) is 78.4 cm³/mol. The van der Waals surface area contributed by atoms with E-state index in [1.54, 1.807) is 35.6 Å². The zero-order chi connectivity index (χ0) is 14.7. The molecule has 2 heterocycles. The Balaban J connectivity index is 1.65.